The second kappa shape index (κ2) is 9.21. The van der Waals surface area contributed by atoms with Crippen molar-refractivity contribution in [2.75, 3.05) is 0 Å². The molecule has 0 spiro atoms. The van der Waals surface area contributed by atoms with Gasteiger partial charge >= 0.3 is 0 Å². The van der Waals surface area contributed by atoms with Gasteiger partial charge in [0.05, 0.1) is 0 Å². The Morgan fingerprint density at radius 1 is 1.33 bits per heavy atom. The van der Waals surface area contributed by atoms with Gasteiger partial charge in [0.25, 0.3) is 0 Å². The van der Waals surface area contributed by atoms with Gasteiger partial charge in [-0.25, -0.2) is 0 Å². The monoisotopic (exact) mass is 297 g/mol. The van der Waals surface area contributed by atoms with Crippen LogP contribution < -0.4 is 5.32 Å². The molecular weight excluding hydrogens is 266 g/mol. The summed E-state index contributed by atoms with van der Waals surface area (Å²) in [5, 5.41) is 23.4. The van der Waals surface area contributed by atoms with Gasteiger partial charge < -0.3 is 15.5 Å². The number of hydrogen-bond donors (Lipinski definition) is 3. The zero-order chi connectivity index (χ0) is 15.7. The third kappa shape index (κ3) is 6.62. The molecule has 0 saturated heterocycles. The van der Waals surface area contributed by atoms with Crippen molar-refractivity contribution in [3.63, 3.8) is 0 Å². The minimum absolute atomic E-state index is 0.195. The first-order valence-electron chi connectivity index (χ1n) is 8.37. The van der Waals surface area contributed by atoms with Crippen molar-refractivity contribution in [3.05, 3.63) is 11.6 Å². The smallest absolute Gasteiger partial charge is 0.222 e. The van der Waals surface area contributed by atoms with Crippen molar-refractivity contribution < 1.29 is 15.0 Å². The summed E-state index contributed by atoms with van der Waals surface area (Å²) in [4.78, 5) is 11.8. The highest BCUT2D eigenvalue weighted by molar-refractivity contribution is 5.76. The van der Waals surface area contributed by atoms with E-state index in [9.17, 15) is 15.0 Å². The van der Waals surface area contributed by atoms with Gasteiger partial charge in [-0.3, -0.25) is 4.79 Å². The van der Waals surface area contributed by atoms with Gasteiger partial charge in [0, 0.05) is 6.42 Å². The van der Waals surface area contributed by atoms with Crippen LogP contribution in [0.4, 0.5) is 0 Å². The summed E-state index contributed by atoms with van der Waals surface area (Å²) in [6.07, 6.45) is 10.6. The van der Waals surface area contributed by atoms with E-state index in [-0.39, 0.29) is 5.91 Å². The molecule has 1 aliphatic rings. The fourth-order valence-corrected chi connectivity index (χ4v) is 2.77. The average Bonchev–Trinajstić information content (AvgIpc) is 2.37. The lowest BCUT2D eigenvalue weighted by molar-refractivity contribution is -0.134. The number of amides is 1. The van der Waals surface area contributed by atoms with Gasteiger partial charge in [-0.15, -0.1) is 0 Å². The summed E-state index contributed by atoms with van der Waals surface area (Å²) in [7, 11) is 0. The first-order valence-corrected chi connectivity index (χ1v) is 8.37. The van der Waals surface area contributed by atoms with Gasteiger partial charge in [0.2, 0.25) is 5.91 Å². The Balaban J connectivity index is 2.56. The van der Waals surface area contributed by atoms with Gasteiger partial charge in [-0.05, 0) is 44.6 Å². The Hall–Kier alpha value is -0.870. The van der Waals surface area contributed by atoms with Crippen molar-refractivity contribution in [1.82, 2.24) is 5.32 Å². The van der Waals surface area contributed by atoms with E-state index in [1.165, 1.54) is 13.3 Å². The number of nitrogens with one attached hydrogen (secondary N) is 1. The fraction of sp³-hybridized carbons (Fsp3) is 0.824. The quantitative estimate of drug-likeness (QED) is 0.384. The van der Waals surface area contributed by atoms with Crippen LogP contribution in [0.5, 0.6) is 0 Å². The Kier molecular flexibility index (Phi) is 7.97. The lowest BCUT2D eigenvalue weighted by Gasteiger charge is -2.32. The second-order valence-corrected chi connectivity index (χ2v) is 6.29. The molecule has 122 valence electrons. The van der Waals surface area contributed by atoms with Crippen molar-refractivity contribution >= 4 is 5.91 Å². The normalized spacial score (nSPS) is 20.7. The molecule has 2 atom stereocenters. The van der Waals surface area contributed by atoms with E-state index in [0.717, 1.165) is 56.9 Å². The highest BCUT2D eigenvalue weighted by Gasteiger charge is 2.34. The maximum Gasteiger partial charge on any atom is 0.222 e. The topological polar surface area (TPSA) is 69.6 Å². The van der Waals surface area contributed by atoms with Crippen LogP contribution in [0, 0.1) is 0 Å². The van der Waals surface area contributed by atoms with E-state index in [1.54, 1.807) is 0 Å². The van der Waals surface area contributed by atoms with Crippen LogP contribution in [-0.2, 0) is 4.79 Å². The molecule has 1 aliphatic carbocycles. The molecule has 0 bridgehead atoms. The molecule has 0 aliphatic heterocycles. The lowest BCUT2D eigenvalue weighted by Crippen LogP contribution is -2.55. The molecule has 4 heteroatoms. The Bertz CT molecular complexity index is 350. The summed E-state index contributed by atoms with van der Waals surface area (Å²) in [5.74, 6) is -0.195. The first-order chi connectivity index (χ1) is 9.97. The summed E-state index contributed by atoms with van der Waals surface area (Å²) in [6.45, 7) is 3.56. The van der Waals surface area contributed by atoms with Gasteiger partial charge in [0.1, 0.15) is 6.10 Å². The largest absolute Gasteiger partial charge is 0.384 e. The molecule has 0 unspecified atom stereocenters. The average molecular weight is 297 g/mol. The maximum atomic E-state index is 11.8. The number of allylic oxidation sites excluding steroid dienone is 1. The molecule has 3 N–H and O–H groups in total. The number of rotatable bonds is 7. The Morgan fingerprint density at radius 2 is 2.05 bits per heavy atom. The van der Waals surface area contributed by atoms with Gasteiger partial charge in [0.15, 0.2) is 5.72 Å². The van der Waals surface area contributed by atoms with Crippen LogP contribution in [0.1, 0.15) is 78.1 Å². The zero-order valence-corrected chi connectivity index (χ0v) is 13.5. The molecule has 4 nitrogen and oxygen atoms in total. The minimum atomic E-state index is -1.59. The molecule has 0 fully saturated rings. The van der Waals surface area contributed by atoms with Crippen molar-refractivity contribution in [2.24, 2.45) is 0 Å². The maximum absolute atomic E-state index is 11.8. The number of hydrogen-bond acceptors (Lipinski definition) is 3. The summed E-state index contributed by atoms with van der Waals surface area (Å²) >= 11 is 0. The SMILES string of the molecule is CCCCCC(=O)N[C@@](C)(O)[C@H](O)C1=CCCCCCC1. The van der Waals surface area contributed by atoms with Crippen molar-refractivity contribution in [2.45, 2.75) is 89.9 Å². The van der Waals surface area contributed by atoms with Gasteiger partial charge in [-0.2, -0.15) is 0 Å². The molecule has 21 heavy (non-hydrogen) atoms. The zero-order valence-electron chi connectivity index (χ0n) is 13.5. The van der Waals surface area contributed by atoms with E-state index < -0.39 is 11.8 Å². The van der Waals surface area contributed by atoms with Crippen LogP contribution in [0.25, 0.3) is 0 Å². The number of carbonyl (C=O) groups is 1. The van der Waals surface area contributed by atoms with E-state index in [1.807, 2.05) is 6.08 Å². The standard InChI is InChI=1S/C17H31NO3/c1-3-4-8-13-15(19)18-17(2,21)16(20)14-11-9-6-5-7-10-12-14/h11,16,20-21H,3-10,12-13H2,1-2H3,(H,18,19)/t16-,17+/m1/s1. The highest BCUT2D eigenvalue weighted by atomic mass is 16.4. The van der Waals surface area contributed by atoms with Crippen LogP contribution in [0.3, 0.4) is 0 Å². The van der Waals surface area contributed by atoms with Crippen LogP contribution in [-0.4, -0.2) is 27.9 Å². The number of carbonyl (C=O) groups excluding carboxylic acids is 1. The van der Waals surface area contributed by atoms with Crippen molar-refractivity contribution in [3.8, 4) is 0 Å². The van der Waals surface area contributed by atoms with E-state index in [2.05, 4.69) is 12.2 Å². The van der Waals surface area contributed by atoms with Crippen LogP contribution in [0.2, 0.25) is 0 Å². The molecule has 1 rings (SSSR count). The number of unbranched alkanes of at least 4 members (excludes halogenated alkanes) is 2. The van der Waals surface area contributed by atoms with Crippen LogP contribution >= 0.6 is 0 Å². The Morgan fingerprint density at radius 3 is 2.76 bits per heavy atom. The summed E-state index contributed by atoms with van der Waals surface area (Å²) < 4.78 is 0. The second-order valence-electron chi connectivity index (χ2n) is 6.29. The summed E-state index contributed by atoms with van der Waals surface area (Å²) in [5.41, 5.74) is -0.734. The van der Waals surface area contributed by atoms with Crippen molar-refractivity contribution in [1.29, 1.82) is 0 Å². The first kappa shape index (κ1) is 18.2. The minimum Gasteiger partial charge on any atom is -0.384 e. The summed E-state index contributed by atoms with van der Waals surface area (Å²) in [6, 6.07) is 0. The molecule has 0 aromatic heterocycles. The molecule has 0 heterocycles. The number of aliphatic hydroxyl groups excluding tert-OH is 1. The predicted molar refractivity (Wildman–Crippen MR) is 84.7 cm³/mol. The third-order valence-electron chi connectivity index (χ3n) is 4.11. The molecule has 0 aromatic rings. The highest BCUT2D eigenvalue weighted by Crippen LogP contribution is 2.24. The fourth-order valence-electron chi connectivity index (χ4n) is 2.77. The molecule has 0 aromatic carbocycles. The molecular formula is C17H31NO3. The number of aliphatic hydroxyl groups is 2. The van der Waals surface area contributed by atoms with E-state index in [4.69, 9.17) is 0 Å². The Labute approximate surface area is 128 Å². The molecule has 0 radical (unpaired) electrons. The van der Waals surface area contributed by atoms with E-state index in [0.29, 0.717) is 6.42 Å². The lowest BCUT2D eigenvalue weighted by atomic mass is 9.91. The van der Waals surface area contributed by atoms with Crippen LogP contribution in [0.15, 0.2) is 11.6 Å². The van der Waals surface area contributed by atoms with E-state index >= 15 is 0 Å². The molecule has 0 saturated carbocycles. The third-order valence-corrected chi connectivity index (χ3v) is 4.11. The van der Waals surface area contributed by atoms with Gasteiger partial charge in [-0.1, -0.05) is 38.7 Å². The molecule has 1 amide bonds. The predicted octanol–water partition coefficient (Wildman–Crippen LogP) is 3.03.